The fourth-order valence-electron chi connectivity index (χ4n) is 3.09. The second-order valence-corrected chi connectivity index (χ2v) is 6.36. The van der Waals surface area contributed by atoms with Gasteiger partial charge in [0, 0.05) is 6.54 Å². The minimum Gasteiger partial charge on any atom is -0.496 e. The van der Waals surface area contributed by atoms with Crippen LogP contribution in [-0.2, 0) is 6.54 Å². The molecule has 0 aliphatic rings. The summed E-state index contributed by atoms with van der Waals surface area (Å²) in [4.78, 5) is 25.7. The van der Waals surface area contributed by atoms with Crippen LogP contribution in [0.5, 0.6) is 11.6 Å². The standard InChI is InChI=1S/C21H24N2O4/c1-4-5-6-9-12-23-20(25)16(13-22)14(2)18(21(23)26)19(24)15-10-7-8-11-17(15)27-3/h7-8,10-11,26H,4-6,9,12H2,1-3H3. The first-order valence-electron chi connectivity index (χ1n) is 9.02. The van der Waals surface area contributed by atoms with Crippen LogP contribution in [0.25, 0.3) is 0 Å². The van der Waals surface area contributed by atoms with Crippen LogP contribution in [0, 0.1) is 18.3 Å². The van der Waals surface area contributed by atoms with Crippen LogP contribution in [0.4, 0.5) is 0 Å². The van der Waals surface area contributed by atoms with Gasteiger partial charge in [0.1, 0.15) is 17.4 Å². The Labute approximate surface area is 158 Å². The number of methoxy groups -OCH3 is 1. The van der Waals surface area contributed by atoms with Crippen molar-refractivity contribution >= 4 is 5.78 Å². The van der Waals surface area contributed by atoms with Gasteiger partial charge in [-0.2, -0.15) is 5.26 Å². The van der Waals surface area contributed by atoms with E-state index >= 15 is 0 Å². The van der Waals surface area contributed by atoms with Crippen molar-refractivity contribution in [1.82, 2.24) is 4.57 Å². The number of ether oxygens (including phenoxy) is 1. The summed E-state index contributed by atoms with van der Waals surface area (Å²) in [6.45, 7) is 3.84. The van der Waals surface area contributed by atoms with E-state index in [9.17, 15) is 20.0 Å². The predicted octanol–water partition coefficient (Wildman–Crippen LogP) is 3.55. The summed E-state index contributed by atoms with van der Waals surface area (Å²) >= 11 is 0. The van der Waals surface area contributed by atoms with Crippen LogP contribution in [-0.4, -0.2) is 22.6 Å². The molecular formula is C21H24N2O4. The molecule has 27 heavy (non-hydrogen) atoms. The number of rotatable bonds is 8. The van der Waals surface area contributed by atoms with Crippen molar-refractivity contribution in [2.75, 3.05) is 7.11 Å². The summed E-state index contributed by atoms with van der Waals surface area (Å²) < 4.78 is 6.36. The van der Waals surface area contributed by atoms with Gasteiger partial charge in [-0.1, -0.05) is 38.3 Å². The molecule has 0 aliphatic heterocycles. The molecule has 1 heterocycles. The third kappa shape index (κ3) is 4.03. The lowest BCUT2D eigenvalue weighted by Crippen LogP contribution is -2.27. The third-order valence-corrected chi connectivity index (χ3v) is 4.61. The number of pyridine rings is 1. The van der Waals surface area contributed by atoms with Crippen molar-refractivity contribution in [1.29, 1.82) is 5.26 Å². The average molecular weight is 368 g/mol. The largest absolute Gasteiger partial charge is 0.496 e. The second kappa shape index (κ2) is 9.04. The van der Waals surface area contributed by atoms with Crippen molar-refractivity contribution < 1.29 is 14.6 Å². The van der Waals surface area contributed by atoms with Crippen LogP contribution < -0.4 is 10.3 Å². The molecule has 0 amide bonds. The van der Waals surface area contributed by atoms with Gasteiger partial charge < -0.3 is 9.84 Å². The molecule has 6 heteroatoms. The summed E-state index contributed by atoms with van der Waals surface area (Å²) in [5, 5.41) is 20.1. The zero-order chi connectivity index (χ0) is 20.0. The monoisotopic (exact) mass is 368 g/mol. The molecule has 2 rings (SSSR count). The number of hydrogen-bond acceptors (Lipinski definition) is 5. The van der Waals surface area contributed by atoms with Crippen LogP contribution in [0.2, 0.25) is 0 Å². The van der Waals surface area contributed by atoms with Crippen molar-refractivity contribution in [2.24, 2.45) is 0 Å². The van der Waals surface area contributed by atoms with E-state index in [1.807, 2.05) is 6.07 Å². The fraction of sp³-hybridized carbons (Fsp3) is 0.381. The molecule has 1 N–H and O–H groups in total. The molecule has 2 aromatic rings. The Balaban J connectivity index is 2.60. The van der Waals surface area contributed by atoms with Gasteiger partial charge in [0.05, 0.1) is 18.2 Å². The van der Waals surface area contributed by atoms with Crippen molar-refractivity contribution in [2.45, 2.75) is 46.1 Å². The van der Waals surface area contributed by atoms with Gasteiger partial charge >= 0.3 is 0 Å². The van der Waals surface area contributed by atoms with Crippen LogP contribution >= 0.6 is 0 Å². The van der Waals surface area contributed by atoms with Gasteiger partial charge in [-0.3, -0.25) is 14.2 Å². The predicted molar refractivity (Wildman–Crippen MR) is 102 cm³/mol. The lowest BCUT2D eigenvalue weighted by atomic mass is 9.96. The first-order valence-corrected chi connectivity index (χ1v) is 9.02. The van der Waals surface area contributed by atoms with Crippen molar-refractivity contribution in [3.8, 4) is 17.7 Å². The number of aromatic nitrogens is 1. The maximum Gasteiger partial charge on any atom is 0.271 e. The van der Waals surface area contributed by atoms with E-state index < -0.39 is 17.2 Å². The van der Waals surface area contributed by atoms with E-state index in [-0.39, 0.29) is 28.8 Å². The van der Waals surface area contributed by atoms with Gasteiger partial charge in [-0.05, 0) is 31.0 Å². The maximum absolute atomic E-state index is 13.1. The van der Waals surface area contributed by atoms with Gasteiger partial charge in [0.15, 0.2) is 0 Å². The number of ketones is 1. The van der Waals surface area contributed by atoms with Crippen LogP contribution in [0.15, 0.2) is 29.1 Å². The molecule has 0 fully saturated rings. The molecule has 6 nitrogen and oxygen atoms in total. The molecule has 0 radical (unpaired) electrons. The summed E-state index contributed by atoms with van der Waals surface area (Å²) in [5.74, 6) is -0.523. The lowest BCUT2D eigenvalue weighted by Gasteiger charge is -2.16. The maximum atomic E-state index is 13.1. The zero-order valence-electron chi connectivity index (χ0n) is 15.9. The molecule has 0 saturated carbocycles. The lowest BCUT2D eigenvalue weighted by molar-refractivity contribution is 0.103. The fourth-order valence-corrected chi connectivity index (χ4v) is 3.09. The zero-order valence-corrected chi connectivity index (χ0v) is 15.9. The van der Waals surface area contributed by atoms with Crippen molar-refractivity contribution in [3.63, 3.8) is 0 Å². The quantitative estimate of drug-likeness (QED) is 0.568. The molecule has 0 aliphatic carbocycles. The average Bonchev–Trinajstić information content (AvgIpc) is 2.67. The Morgan fingerprint density at radius 1 is 1.26 bits per heavy atom. The van der Waals surface area contributed by atoms with Crippen molar-refractivity contribution in [3.05, 3.63) is 56.9 Å². The summed E-state index contributed by atoms with van der Waals surface area (Å²) in [5.41, 5.74) is -0.285. The molecule has 0 spiro atoms. The number of benzene rings is 1. The first-order chi connectivity index (χ1) is 13.0. The summed E-state index contributed by atoms with van der Waals surface area (Å²) in [6.07, 6.45) is 3.63. The van der Waals surface area contributed by atoms with E-state index in [1.54, 1.807) is 24.3 Å². The second-order valence-electron chi connectivity index (χ2n) is 6.36. The number of nitrogens with zero attached hydrogens (tertiary/aromatic N) is 2. The topological polar surface area (TPSA) is 92.3 Å². The number of hydrogen-bond donors (Lipinski definition) is 1. The van der Waals surface area contributed by atoms with Gasteiger partial charge in [0.2, 0.25) is 11.7 Å². The van der Waals surface area contributed by atoms with Crippen LogP contribution in [0.3, 0.4) is 0 Å². The number of unbranched alkanes of at least 4 members (excludes halogenated alkanes) is 3. The highest BCUT2D eigenvalue weighted by Crippen LogP contribution is 2.28. The minimum absolute atomic E-state index is 0.0360. The SMILES string of the molecule is CCCCCCn1c(O)c(C(=O)c2ccccc2OC)c(C)c(C#N)c1=O. The Morgan fingerprint density at radius 2 is 1.96 bits per heavy atom. The molecule has 142 valence electrons. The van der Waals surface area contributed by atoms with E-state index in [0.29, 0.717) is 12.2 Å². The van der Waals surface area contributed by atoms with Gasteiger partial charge in [-0.15, -0.1) is 0 Å². The van der Waals surface area contributed by atoms with E-state index in [0.717, 1.165) is 23.8 Å². The third-order valence-electron chi connectivity index (χ3n) is 4.61. The number of carbonyl (C=O) groups is 1. The number of para-hydroxylation sites is 1. The normalized spacial score (nSPS) is 10.4. The molecule has 0 bridgehead atoms. The molecule has 1 aromatic carbocycles. The molecule has 0 unspecified atom stereocenters. The van der Waals surface area contributed by atoms with E-state index in [1.165, 1.54) is 14.0 Å². The summed E-state index contributed by atoms with van der Waals surface area (Å²) in [6, 6.07) is 8.53. The smallest absolute Gasteiger partial charge is 0.271 e. The van der Waals surface area contributed by atoms with E-state index in [4.69, 9.17) is 4.74 Å². The Bertz CT molecular complexity index is 938. The Morgan fingerprint density at radius 3 is 2.59 bits per heavy atom. The summed E-state index contributed by atoms with van der Waals surface area (Å²) in [7, 11) is 1.45. The Kier molecular flexibility index (Phi) is 6.78. The first kappa shape index (κ1) is 20.2. The highest BCUT2D eigenvalue weighted by Gasteiger charge is 2.26. The molecule has 1 aromatic heterocycles. The molecule has 0 atom stereocenters. The number of nitriles is 1. The molecule has 0 saturated heterocycles. The van der Waals surface area contributed by atoms with E-state index in [2.05, 4.69) is 6.92 Å². The van der Waals surface area contributed by atoms with Gasteiger partial charge in [-0.25, -0.2) is 0 Å². The number of carbonyl (C=O) groups excluding carboxylic acids is 1. The highest BCUT2D eigenvalue weighted by molar-refractivity contribution is 6.13. The molecular weight excluding hydrogens is 344 g/mol. The van der Waals surface area contributed by atoms with Gasteiger partial charge in [0.25, 0.3) is 5.56 Å². The highest BCUT2D eigenvalue weighted by atomic mass is 16.5. The Hall–Kier alpha value is -3.07. The minimum atomic E-state index is -0.569. The van der Waals surface area contributed by atoms with Crippen LogP contribution in [0.1, 0.15) is 59.7 Å². The number of aromatic hydroxyl groups is 1.